The molecule has 2 N–H and O–H groups in total. The third-order valence-corrected chi connectivity index (χ3v) is 7.22. The quantitative estimate of drug-likeness (QED) is 0.752. The summed E-state index contributed by atoms with van der Waals surface area (Å²) in [6.45, 7) is 2.46. The van der Waals surface area contributed by atoms with Gasteiger partial charge in [0.2, 0.25) is 10.0 Å². The fourth-order valence-corrected chi connectivity index (χ4v) is 6.33. The number of nitrogens with two attached hydrogens (primary N) is 1. The fourth-order valence-electron chi connectivity index (χ4n) is 2.35. The molecule has 2 atom stereocenters. The average Bonchev–Trinajstić information content (AvgIpc) is 2.72. The van der Waals surface area contributed by atoms with Gasteiger partial charge in [-0.15, -0.1) is 0 Å². The first kappa shape index (κ1) is 16.2. The lowest BCUT2D eigenvalue weighted by Gasteiger charge is -2.27. The van der Waals surface area contributed by atoms with Gasteiger partial charge < -0.3 is 10.5 Å². The summed E-state index contributed by atoms with van der Waals surface area (Å²) in [5.74, 6) is 0. The van der Waals surface area contributed by atoms with Crippen LogP contribution in [0.25, 0.3) is 0 Å². The van der Waals surface area contributed by atoms with Gasteiger partial charge in [-0.3, -0.25) is 0 Å². The number of benzene rings is 1. The van der Waals surface area contributed by atoms with Gasteiger partial charge in [-0.2, -0.15) is 4.31 Å². The van der Waals surface area contributed by atoms with Crippen LogP contribution in [0.5, 0.6) is 0 Å². The van der Waals surface area contributed by atoms with Gasteiger partial charge in [-0.25, -0.2) is 8.42 Å². The molecule has 0 radical (unpaired) electrons. The molecule has 5 nitrogen and oxygen atoms in total. The summed E-state index contributed by atoms with van der Waals surface area (Å²) in [6.07, 6.45) is 0.585. The fraction of sp³-hybridized carbons (Fsp3) is 0.500. The van der Waals surface area contributed by atoms with Gasteiger partial charge in [0.15, 0.2) is 0 Å². The number of sulfonamides is 1. The molecule has 0 aliphatic carbocycles. The van der Waals surface area contributed by atoms with Crippen molar-refractivity contribution < 1.29 is 13.2 Å². The van der Waals surface area contributed by atoms with Gasteiger partial charge in [0.05, 0.1) is 12.1 Å². The van der Waals surface area contributed by atoms with E-state index in [4.69, 9.17) is 10.5 Å². The molecular formula is C12H16Br2N2O3S. The molecule has 2 unspecified atom stereocenters. The van der Waals surface area contributed by atoms with Gasteiger partial charge in [-0.1, -0.05) is 0 Å². The van der Waals surface area contributed by atoms with E-state index >= 15 is 0 Å². The molecule has 1 aliphatic heterocycles. The number of halogens is 2. The number of hydrogen-bond donors (Lipinski definition) is 1. The van der Waals surface area contributed by atoms with Crippen LogP contribution in [0.2, 0.25) is 0 Å². The zero-order valence-electron chi connectivity index (χ0n) is 11.1. The van der Waals surface area contributed by atoms with E-state index in [9.17, 15) is 8.42 Å². The Bertz CT molecular complexity index is 598. The highest BCUT2D eigenvalue weighted by Gasteiger charge is 2.37. The number of hydrogen-bond acceptors (Lipinski definition) is 4. The lowest BCUT2D eigenvalue weighted by Crippen LogP contribution is -2.41. The molecule has 0 spiro atoms. The van der Waals surface area contributed by atoms with Gasteiger partial charge >= 0.3 is 0 Å². The second kappa shape index (κ2) is 5.92. The van der Waals surface area contributed by atoms with Crippen molar-refractivity contribution in [2.24, 2.45) is 0 Å². The van der Waals surface area contributed by atoms with Gasteiger partial charge in [0.1, 0.15) is 4.90 Å². The lowest BCUT2D eigenvalue weighted by atomic mass is 10.2. The number of rotatable bonds is 3. The molecule has 20 heavy (non-hydrogen) atoms. The van der Waals surface area contributed by atoms with E-state index in [0.717, 1.165) is 0 Å². The Labute approximate surface area is 135 Å². The monoisotopic (exact) mass is 426 g/mol. The Hall–Kier alpha value is -0.150. The number of anilines is 1. The van der Waals surface area contributed by atoms with Crippen LogP contribution in [0.15, 0.2) is 26.0 Å². The summed E-state index contributed by atoms with van der Waals surface area (Å²) in [5, 5.41) is 0. The molecule has 0 bridgehead atoms. The molecule has 1 heterocycles. The van der Waals surface area contributed by atoms with E-state index in [0.29, 0.717) is 27.7 Å². The predicted molar refractivity (Wildman–Crippen MR) is 85.0 cm³/mol. The third kappa shape index (κ3) is 2.89. The van der Waals surface area contributed by atoms with Crippen LogP contribution >= 0.6 is 31.9 Å². The van der Waals surface area contributed by atoms with Crippen LogP contribution < -0.4 is 5.73 Å². The standard InChI is InChI=1S/C12H16Br2N2O3S/c1-7-11(3-4-19-7)16(2)20(17,18)12-9(13)5-8(15)6-10(12)14/h5-7,11H,3-4,15H2,1-2H3. The minimum absolute atomic E-state index is 0.110. The maximum Gasteiger partial charge on any atom is 0.245 e. The van der Waals surface area contributed by atoms with Crippen molar-refractivity contribution in [1.82, 2.24) is 4.31 Å². The van der Waals surface area contributed by atoms with E-state index < -0.39 is 10.0 Å². The third-order valence-electron chi connectivity index (χ3n) is 3.46. The SMILES string of the molecule is CC1OCCC1N(C)S(=O)(=O)c1c(Br)cc(N)cc1Br. The molecule has 2 rings (SSSR count). The summed E-state index contributed by atoms with van der Waals surface area (Å²) in [7, 11) is -2.05. The summed E-state index contributed by atoms with van der Waals surface area (Å²) < 4.78 is 33.3. The first-order chi connectivity index (χ1) is 9.25. The summed E-state index contributed by atoms with van der Waals surface area (Å²) in [5.41, 5.74) is 6.19. The molecule has 0 saturated carbocycles. The summed E-state index contributed by atoms with van der Waals surface area (Å²) in [4.78, 5) is 0.188. The molecule has 8 heteroatoms. The Kier molecular flexibility index (Phi) is 4.80. The van der Waals surface area contributed by atoms with E-state index in [2.05, 4.69) is 31.9 Å². The zero-order valence-corrected chi connectivity index (χ0v) is 15.1. The second-order valence-electron chi connectivity index (χ2n) is 4.77. The van der Waals surface area contributed by atoms with Crippen LogP contribution in [0.1, 0.15) is 13.3 Å². The molecule has 1 aromatic carbocycles. The minimum Gasteiger partial charge on any atom is -0.399 e. The number of ether oxygens (including phenoxy) is 1. The second-order valence-corrected chi connectivity index (χ2v) is 8.41. The van der Waals surface area contributed by atoms with Gasteiger partial charge in [-0.05, 0) is 57.3 Å². The molecular weight excluding hydrogens is 412 g/mol. The van der Waals surface area contributed by atoms with E-state index in [1.165, 1.54) is 4.31 Å². The molecule has 0 amide bonds. The predicted octanol–water partition coefficient (Wildman–Crippen LogP) is 2.59. The van der Waals surface area contributed by atoms with Crippen LogP contribution in [-0.2, 0) is 14.8 Å². The van der Waals surface area contributed by atoms with Crippen LogP contribution in [-0.4, -0.2) is 38.5 Å². The van der Waals surface area contributed by atoms with Crippen LogP contribution in [0.4, 0.5) is 5.69 Å². The zero-order chi connectivity index (χ0) is 15.1. The summed E-state index contributed by atoms with van der Waals surface area (Å²) >= 11 is 6.56. The number of nitrogens with zero attached hydrogens (tertiary/aromatic N) is 1. The Morgan fingerprint density at radius 2 is 1.90 bits per heavy atom. The van der Waals surface area contributed by atoms with Crippen molar-refractivity contribution in [2.75, 3.05) is 19.4 Å². The van der Waals surface area contributed by atoms with Crippen molar-refractivity contribution in [2.45, 2.75) is 30.4 Å². The average molecular weight is 428 g/mol. The number of likely N-dealkylation sites (N-methyl/N-ethyl adjacent to an activating group) is 1. The maximum atomic E-state index is 12.8. The highest BCUT2D eigenvalue weighted by molar-refractivity contribution is 9.11. The summed E-state index contributed by atoms with van der Waals surface area (Å²) in [6, 6.07) is 3.01. The highest BCUT2D eigenvalue weighted by atomic mass is 79.9. The maximum absolute atomic E-state index is 12.8. The molecule has 1 fully saturated rings. The Morgan fingerprint density at radius 1 is 1.35 bits per heavy atom. The van der Waals surface area contributed by atoms with E-state index in [-0.39, 0.29) is 17.0 Å². The lowest BCUT2D eigenvalue weighted by molar-refractivity contribution is 0.102. The topological polar surface area (TPSA) is 72.6 Å². The van der Waals surface area contributed by atoms with Crippen molar-refractivity contribution in [3.05, 3.63) is 21.1 Å². The molecule has 1 aromatic rings. The normalized spacial score (nSPS) is 23.4. The van der Waals surface area contributed by atoms with Crippen molar-refractivity contribution in [3.63, 3.8) is 0 Å². The first-order valence-corrected chi connectivity index (χ1v) is 9.12. The van der Waals surface area contributed by atoms with Crippen molar-refractivity contribution in [3.8, 4) is 0 Å². The Morgan fingerprint density at radius 3 is 2.35 bits per heavy atom. The molecule has 112 valence electrons. The van der Waals surface area contributed by atoms with Crippen LogP contribution in [0, 0.1) is 0 Å². The van der Waals surface area contributed by atoms with Gasteiger partial charge in [0, 0.05) is 28.3 Å². The number of nitrogen functional groups attached to an aromatic ring is 1. The van der Waals surface area contributed by atoms with Crippen LogP contribution in [0.3, 0.4) is 0 Å². The van der Waals surface area contributed by atoms with Crippen molar-refractivity contribution in [1.29, 1.82) is 0 Å². The largest absolute Gasteiger partial charge is 0.399 e. The molecule has 0 aromatic heterocycles. The Balaban J connectivity index is 2.45. The van der Waals surface area contributed by atoms with E-state index in [1.54, 1.807) is 19.2 Å². The van der Waals surface area contributed by atoms with Crippen molar-refractivity contribution >= 4 is 47.6 Å². The molecule has 1 saturated heterocycles. The minimum atomic E-state index is -3.63. The van der Waals surface area contributed by atoms with Gasteiger partial charge in [0.25, 0.3) is 0 Å². The highest BCUT2D eigenvalue weighted by Crippen LogP contribution is 2.35. The first-order valence-electron chi connectivity index (χ1n) is 6.09. The smallest absolute Gasteiger partial charge is 0.245 e. The van der Waals surface area contributed by atoms with E-state index in [1.807, 2.05) is 6.92 Å². The molecule has 1 aliphatic rings.